The van der Waals surface area contributed by atoms with Gasteiger partial charge in [0.15, 0.2) is 0 Å². The molecule has 2 aliphatic rings. The van der Waals surface area contributed by atoms with Gasteiger partial charge >= 0.3 is 0 Å². The number of likely N-dealkylation sites (N-methyl/N-ethyl adjacent to an activating group) is 2. The number of nitrogens with one attached hydrogen (secondary N) is 3. The van der Waals surface area contributed by atoms with E-state index in [9.17, 15) is 14.0 Å². The van der Waals surface area contributed by atoms with E-state index in [2.05, 4.69) is 42.7 Å². The minimum atomic E-state index is -0.585. The Morgan fingerprint density at radius 2 is 1.98 bits per heavy atom. The van der Waals surface area contributed by atoms with Gasteiger partial charge in [0.1, 0.15) is 11.9 Å². The first-order chi connectivity index (χ1) is 19.7. The molecule has 218 valence electrons. The maximum Gasteiger partial charge on any atom is 0.246 e. The van der Waals surface area contributed by atoms with Gasteiger partial charge in [-0.1, -0.05) is 24.3 Å². The third-order valence-corrected chi connectivity index (χ3v) is 7.16. The van der Waals surface area contributed by atoms with Crippen LogP contribution in [0.4, 0.5) is 21.8 Å². The normalized spacial score (nSPS) is 19.3. The number of hydrogen-bond donors (Lipinski definition) is 3. The molecule has 0 radical (unpaired) electrons. The highest BCUT2D eigenvalue weighted by molar-refractivity contribution is 5.92. The SMILES string of the molecule is C[C@@H](C(=O)N[C@H]1CCC[C@@H](C#Cc2cnc(Nc3ccnc(F)c3)nc2NC2CC2)C1)N(C)C(=O)C=CCN(C)C. The molecule has 0 aliphatic heterocycles. The average Bonchev–Trinajstić information content (AvgIpc) is 3.76. The number of anilines is 3. The van der Waals surface area contributed by atoms with Crippen molar-refractivity contribution >= 4 is 29.3 Å². The zero-order valence-corrected chi connectivity index (χ0v) is 24.2. The minimum Gasteiger partial charge on any atom is -0.366 e. The van der Waals surface area contributed by atoms with Crippen molar-refractivity contribution in [3.63, 3.8) is 0 Å². The van der Waals surface area contributed by atoms with Gasteiger partial charge in [-0.05, 0) is 59.2 Å². The largest absolute Gasteiger partial charge is 0.366 e. The van der Waals surface area contributed by atoms with E-state index in [4.69, 9.17) is 0 Å². The van der Waals surface area contributed by atoms with Crippen molar-refractivity contribution in [3.8, 4) is 11.8 Å². The van der Waals surface area contributed by atoms with Gasteiger partial charge < -0.3 is 25.8 Å². The van der Waals surface area contributed by atoms with Gasteiger partial charge in [0.05, 0.1) is 11.8 Å². The van der Waals surface area contributed by atoms with Crippen LogP contribution in [-0.2, 0) is 9.59 Å². The standard InChI is InChI=1S/C30H39FN8O2/c1-20(39(4)27(40)9-6-16-38(2)3)29(41)35-24-8-5-7-21(17-24)10-11-22-19-33-30(37-28(22)34-23-12-13-23)36-25-14-15-32-26(31)18-25/h6,9,14-15,18-21,23-24H,5,7-8,12-13,16-17H2,1-4H3,(H,35,41)(H2,32,33,34,36,37)/t20-,21-,24-/m0/s1. The molecule has 0 aromatic carbocycles. The highest BCUT2D eigenvalue weighted by Crippen LogP contribution is 2.27. The fourth-order valence-electron chi connectivity index (χ4n) is 4.48. The first-order valence-electron chi connectivity index (χ1n) is 14.1. The molecule has 11 heteroatoms. The summed E-state index contributed by atoms with van der Waals surface area (Å²) in [5, 5.41) is 9.56. The lowest BCUT2D eigenvalue weighted by molar-refractivity contribution is -0.135. The Balaban J connectivity index is 1.36. The van der Waals surface area contributed by atoms with Gasteiger partial charge in [-0.2, -0.15) is 9.37 Å². The quantitative estimate of drug-likeness (QED) is 0.230. The zero-order valence-electron chi connectivity index (χ0n) is 24.2. The van der Waals surface area contributed by atoms with Crippen LogP contribution in [0.2, 0.25) is 0 Å². The second-order valence-electron chi connectivity index (χ2n) is 11.0. The molecule has 2 aliphatic carbocycles. The lowest BCUT2D eigenvalue weighted by Crippen LogP contribution is -2.49. The van der Waals surface area contributed by atoms with Crippen LogP contribution in [-0.4, -0.2) is 82.4 Å². The van der Waals surface area contributed by atoms with Crippen LogP contribution in [0.3, 0.4) is 0 Å². The van der Waals surface area contributed by atoms with Gasteiger partial charge in [0.2, 0.25) is 23.7 Å². The fraction of sp³-hybridized carbons (Fsp3) is 0.500. The van der Waals surface area contributed by atoms with Crippen LogP contribution >= 0.6 is 0 Å². The van der Waals surface area contributed by atoms with Gasteiger partial charge in [-0.3, -0.25) is 9.59 Å². The second-order valence-corrected chi connectivity index (χ2v) is 11.0. The highest BCUT2D eigenvalue weighted by atomic mass is 19.1. The van der Waals surface area contributed by atoms with E-state index < -0.39 is 12.0 Å². The number of nitrogens with zero attached hydrogens (tertiary/aromatic N) is 5. The first-order valence-corrected chi connectivity index (χ1v) is 14.1. The van der Waals surface area contributed by atoms with E-state index in [0.29, 0.717) is 35.6 Å². The summed E-state index contributed by atoms with van der Waals surface area (Å²) in [5.41, 5.74) is 1.21. The van der Waals surface area contributed by atoms with Crippen molar-refractivity contribution in [2.45, 2.75) is 63.6 Å². The third-order valence-electron chi connectivity index (χ3n) is 7.16. The summed E-state index contributed by atoms with van der Waals surface area (Å²) in [6.45, 7) is 2.40. The van der Waals surface area contributed by atoms with E-state index in [1.807, 2.05) is 19.0 Å². The number of aromatic nitrogens is 3. The molecule has 0 spiro atoms. The van der Waals surface area contributed by atoms with Gasteiger partial charge in [-0.25, -0.2) is 9.97 Å². The summed E-state index contributed by atoms with van der Waals surface area (Å²) in [4.78, 5) is 41.3. The Labute approximate surface area is 241 Å². The Morgan fingerprint density at radius 3 is 2.71 bits per heavy atom. The molecule has 3 N–H and O–H groups in total. The molecule has 0 unspecified atom stereocenters. The highest BCUT2D eigenvalue weighted by Gasteiger charge is 2.27. The Morgan fingerprint density at radius 1 is 1.17 bits per heavy atom. The molecule has 0 saturated heterocycles. The molecular weight excluding hydrogens is 523 g/mol. The molecule has 4 rings (SSSR count). The molecule has 2 saturated carbocycles. The molecule has 2 amide bonds. The summed E-state index contributed by atoms with van der Waals surface area (Å²) >= 11 is 0. The predicted molar refractivity (Wildman–Crippen MR) is 157 cm³/mol. The van der Waals surface area contributed by atoms with Crippen LogP contribution in [0.15, 0.2) is 36.7 Å². The molecular formula is C30H39FN8O2. The van der Waals surface area contributed by atoms with Crippen molar-refractivity contribution in [2.75, 3.05) is 38.3 Å². The van der Waals surface area contributed by atoms with Crippen LogP contribution in [0.5, 0.6) is 0 Å². The van der Waals surface area contributed by atoms with E-state index in [1.54, 1.807) is 32.3 Å². The predicted octanol–water partition coefficient (Wildman–Crippen LogP) is 3.32. The van der Waals surface area contributed by atoms with Crippen LogP contribution in [0.1, 0.15) is 51.0 Å². The number of halogens is 1. The van der Waals surface area contributed by atoms with Crippen molar-refractivity contribution in [2.24, 2.45) is 5.92 Å². The summed E-state index contributed by atoms with van der Waals surface area (Å²) in [6, 6.07) is 2.71. The minimum absolute atomic E-state index is 0.00146. The van der Waals surface area contributed by atoms with Crippen LogP contribution in [0.25, 0.3) is 0 Å². The fourth-order valence-corrected chi connectivity index (χ4v) is 4.48. The van der Waals surface area contributed by atoms with E-state index >= 15 is 0 Å². The maximum atomic E-state index is 13.5. The van der Waals surface area contributed by atoms with Crippen LogP contribution < -0.4 is 16.0 Å². The van der Waals surface area contributed by atoms with E-state index in [-0.39, 0.29) is 23.8 Å². The maximum absolute atomic E-state index is 13.5. The number of pyridine rings is 1. The smallest absolute Gasteiger partial charge is 0.246 e. The molecule has 41 heavy (non-hydrogen) atoms. The van der Waals surface area contributed by atoms with Gasteiger partial charge in [0, 0.05) is 55.6 Å². The number of hydrogen-bond acceptors (Lipinski definition) is 8. The monoisotopic (exact) mass is 562 g/mol. The lowest BCUT2D eigenvalue weighted by Gasteiger charge is -2.30. The summed E-state index contributed by atoms with van der Waals surface area (Å²) in [6.07, 6.45) is 12.0. The zero-order chi connectivity index (χ0) is 29.4. The average molecular weight is 563 g/mol. The number of rotatable bonds is 10. The number of carbonyl (C=O) groups is 2. The molecule has 0 bridgehead atoms. The third kappa shape index (κ3) is 9.25. The summed E-state index contributed by atoms with van der Waals surface area (Å²) < 4.78 is 13.5. The molecule has 2 fully saturated rings. The lowest BCUT2D eigenvalue weighted by atomic mass is 9.86. The molecule has 2 heterocycles. The van der Waals surface area contributed by atoms with E-state index in [1.165, 1.54) is 23.2 Å². The molecule has 2 aromatic heterocycles. The van der Waals surface area contributed by atoms with Crippen LogP contribution in [0, 0.1) is 23.7 Å². The first kappa shape index (κ1) is 29.9. The Hall–Kier alpha value is -4.04. The number of carbonyl (C=O) groups excluding carboxylic acids is 2. The Bertz CT molecular complexity index is 1320. The molecule has 2 aromatic rings. The van der Waals surface area contributed by atoms with Crippen molar-refractivity contribution in [1.29, 1.82) is 0 Å². The summed E-state index contributed by atoms with van der Waals surface area (Å²) in [7, 11) is 5.50. The Kier molecular flexibility index (Phi) is 10.2. The molecule has 3 atom stereocenters. The van der Waals surface area contributed by atoms with E-state index in [0.717, 1.165) is 38.5 Å². The van der Waals surface area contributed by atoms with Crippen molar-refractivity contribution < 1.29 is 14.0 Å². The van der Waals surface area contributed by atoms with Gasteiger partial charge in [-0.15, -0.1) is 0 Å². The van der Waals surface area contributed by atoms with Crippen molar-refractivity contribution in [3.05, 3.63) is 48.2 Å². The van der Waals surface area contributed by atoms with Gasteiger partial charge in [0.25, 0.3) is 0 Å². The molecule has 10 nitrogen and oxygen atoms in total. The number of amides is 2. The van der Waals surface area contributed by atoms with Crippen molar-refractivity contribution in [1.82, 2.24) is 30.1 Å². The topological polar surface area (TPSA) is 115 Å². The summed E-state index contributed by atoms with van der Waals surface area (Å²) in [5.74, 6) is 6.79. The second kappa shape index (κ2) is 14.0.